The number of hydrogen-bond donors (Lipinski definition) is 1. The number of carbonyl (C=O) groups excluding carboxylic acids is 2. The van der Waals surface area contributed by atoms with Crippen LogP contribution in [0.5, 0.6) is 5.75 Å². The number of anilines is 1. The van der Waals surface area contributed by atoms with Gasteiger partial charge in [0.05, 0.1) is 36.1 Å². The van der Waals surface area contributed by atoms with Gasteiger partial charge in [-0.1, -0.05) is 58.0 Å². The van der Waals surface area contributed by atoms with E-state index >= 15 is 0 Å². The predicted octanol–water partition coefficient (Wildman–Crippen LogP) is 4.67. The number of aromatic nitrogens is 2. The fourth-order valence-electron chi connectivity index (χ4n) is 4.79. The van der Waals surface area contributed by atoms with Gasteiger partial charge in [-0.15, -0.1) is 11.8 Å². The number of benzene rings is 2. The second kappa shape index (κ2) is 12.3. The molecule has 1 atom stereocenters. The van der Waals surface area contributed by atoms with Crippen molar-refractivity contribution in [3.8, 4) is 11.4 Å². The highest BCUT2D eigenvalue weighted by Gasteiger charge is 2.40. The number of para-hydroxylation sites is 1. The van der Waals surface area contributed by atoms with E-state index in [1.165, 1.54) is 0 Å². The SMILES string of the molecule is CCc1ccccc1-n1nc(C(C)(C)C)c2c1N(CC(=O)NCCOC)C(=O)CS[C@H]2c1ccc(OC)cc1. The van der Waals surface area contributed by atoms with Crippen LogP contribution in [0.1, 0.15) is 55.3 Å². The van der Waals surface area contributed by atoms with Gasteiger partial charge in [-0.2, -0.15) is 5.10 Å². The van der Waals surface area contributed by atoms with Crippen molar-refractivity contribution in [1.82, 2.24) is 15.1 Å². The van der Waals surface area contributed by atoms with Crippen LogP contribution in [-0.2, 0) is 26.2 Å². The zero-order chi connectivity index (χ0) is 28.2. The Balaban J connectivity index is 1.97. The Morgan fingerprint density at radius 2 is 1.85 bits per heavy atom. The fourth-order valence-corrected chi connectivity index (χ4v) is 5.99. The molecule has 1 aliphatic rings. The molecule has 0 saturated carbocycles. The van der Waals surface area contributed by atoms with E-state index in [9.17, 15) is 9.59 Å². The molecular formula is C30H38N4O4S. The average Bonchev–Trinajstić information content (AvgIpc) is 3.26. The molecule has 0 bridgehead atoms. The second-order valence-electron chi connectivity index (χ2n) is 10.5. The van der Waals surface area contributed by atoms with Gasteiger partial charge in [-0.05, 0) is 35.7 Å². The van der Waals surface area contributed by atoms with E-state index in [4.69, 9.17) is 14.6 Å². The third-order valence-electron chi connectivity index (χ3n) is 6.75. The molecule has 2 aromatic carbocycles. The zero-order valence-corrected chi connectivity index (χ0v) is 24.4. The molecular weight excluding hydrogens is 512 g/mol. The van der Waals surface area contributed by atoms with Crippen LogP contribution in [0, 0.1) is 0 Å². The van der Waals surface area contributed by atoms with Crippen molar-refractivity contribution >= 4 is 29.4 Å². The minimum absolute atomic E-state index is 0.102. The molecule has 2 heterocycles. The number of rotatable bonds is 9. The van der Waals surface area contributed by atoms with Crippen molar-refractivity contribution in [3.63, 3.8) is 0 Å². The van der Waals surface area contributed by atoms with Gasteiger partial charge in [0.2, 0.25) is 11.8 Å². The van der Waals surface area contributed by atoms with Crippen molar-refractivity contribution in [3.05, 3.63) is 70.9 Å². The predicted molar refractivity (Wildman–Crippen MR) is 156 cm³/mol. The molecule has 1 aliphatic heterocycles. The summed E-state index contributed by atoms with van der Waals surface area (Å²) in [5.41, 5.74) is 4.61. The van der Waals surface area contributed by atoms with E-state index in [1.807, 2.05) is 47.1 Å². The summed E-state index contributed by atoms with van der Waals surface area (Å²) in [6, 6.07) is 16.1. The molecule has 1 N–H and O–H groups in total. The largest absolute Gasteiger partial charge is 0.497 e. The molecule has 4 rings (SSSR count). The number of methoxy groups -OCH3 is 2. The number of ether oxygens (including phenoxy) is 2. The Kier molecular flexibility index (Phi) is 9.02. The summed E-state index contributed by atoms with van der Waals surface area (Å²) >= 11 is 1.57. The minimum atomic E-state index is -0.318. The first-order valence-electron chi connectivity index (χ1n) is 13.2. The lowest BCUT2D eigenvalue weighted by Gasteiger charge is -2.25. The summed E-state index contributed by atoms with van der Waals surface area (Å²) in [6.45, 7) is 9.18. The van der Waals surface area contributed by atoms with Gasteiger partial charge in [0.25, 0.3) is 0 Å². The van der Waals surface area contributed by atoms with Crippen molar-refractivity contribution < 1.29 is 19.1 Å². The van der Waals surface area contributed by atoms with E-state index in [0.717, 1.165) is 40.2 Å². The summed E-state index contributed by atoms with van der Waals surface area (Å²) in [5, 5.41) is 7.90. The van der Waals surface area contributed by atoms with Gasteiger partial charge in [0.15, 0.2) is 0 Å². The number of fused-ring (bicyclic) bond motifs is 1. The normalized spacial score (nSPS) is 15.6. The number of amides is 2. The Hall–Kier alpha value is -3.30. The van der Waals surface area contributed by atoms with Gasteiger partial charge >= 0.3 is 0 Å². The quantitative estimate of drug-likeness (QED) is 0.390. The Morgan fingerprint density at radius 1 is 1.13 bits per heavy atom. The van der Waals surface area contributed by atoms with E-state index in [0.29, 0.717) is 19.0 Å². The van der Waals surface area contributed by atoms with E-state index < -0.39 is 0 Å². The second-order valence-corrected chi connectivity index (χ2v) is 11.6. The smallest absolute Gasteiger partial charge is 0.240 e. The molecule has 0 spiro atoms. The molecule has 0 saturated heterocycles. The van der Waals surface area contributed by atoms with Gasteiger partial charge in [-0.3, -0.25) is 14.5 Å². The molecule has 8 nitrogen and oxygen atoms in total. The lowest BCUT2D eigenvalue weighted by atomic mass is 9.87. The van der Waals surface area contributed by atoms with Crippen molar-refractivity contribution in [2.75, 3.05) is 44.6 Å². The standard InChI is InChI=1S/C30H38N4O4S/c1-7-20-10-8-9-11-23(20)34-29-26(28(32-34)30(2,3)4)27(21-12-14-22(38-6)15-13-21)39-19-25(36)33(29)18-24(35)31-16-17-37-5/h8-15,27H,7,16-19H2,1-6H3,(H,31,35)/t27-/m0/s1. The fraction of sp³-hybridized carbons (Fsp3) is 0.433. The van der Waals surface area contributed by atoms with Crippen LogP contribution in [0.15, 0.2) is 48.5 Å². The van der Waals surface area contributed by atoms with Crippen molar-refractivity contribution in [2.45, 2.75) is 44.8 Å². The first-order valence-corrected chi connectivity index (χ1v) is 14.3. The van der Waals surface area contributed by atoms with Crippen molar-refractivity contribution in [2.24, 2.45) is 0 Å². The highest BCUT2D eigenvalue weighted by molar-refractivity contribution is 8.00. The highest BCUT2D eigenvalue weighted by Crippen LogP contribution is 2.48. The van der Waals surface area contributed by atoms with E-state index in [1.54, 1.807) is 30.9 Å². The minimum Gasteiger partial charge on any atom is -0.497 e. The maximum absolute atomic E-state index is 13.8. The summed E-state index contributed by atoms with van der Waals surface area (Å²) in [6.07, 6.45) is 0.803. The number of carbonyl (C=O) groups is 2. The number of thioether (sulfide) groups is 1. The third-order valence-corrected chi connectivity index (χ3v) is 8.00. The molecule has 0 radical (unpaired) electrons. The van der Waals surface area contributed by atoms with Crippen LogP contribution in [-0.4, -0.2) is 61.3 Å². The molecule has 0 unspecified atom stereocenters. The van der Waals surface area contributed by atoms with Gasteiger partial charge < -0.3 is 14.8 Å². The van der Waals surface area contributed by atoms with Gasteiger partial charge in [-0.25, -0.2) is 4.68 Å². The monoisotopic (exact) mass is 550 g/mol. The Bertz CT molecular complexity index is 1310. The number of nitrogens with zero attached hydrogens (tertiary/aromatic N) is 3. The summed E-state index contributed by atoms with van der Waals surface area (Å²) < 4.78 is 12.4. The molecule has 2 amide bonds. The summed E-state index contributed by atoms with van der Waals surface area (Å²) in [4.78, 5) is 28.4. The van der Waals surface area contributed by atoms with Gasteiger partial charge in [0.1, 0.15) is 18.1 Å². The maximum atomic E-state index is 13.8. The lowest BCUT2D eigenvalue weighted by Crippen LogP contribution is -2.43. The number of aryl methyl sites for hydroxylation is 1. The molecule has 3 aromatic rings. The summed E-state index contributed by atoms with van der Waals surface area (Å²) in [7, 11) is 3.24. The van der Waals surface area contributed by atoms with E-state index in [-0.39, 0.29) is 34.8 Å². The Morgan fingerprint density at radius 3 is 2.49 bits per heavy atom. The van der Waals surface area contributed by atoms with Crippen LogP contribution < -0.4 is 15.0 Å². The molecule has 0 aliphatic carbocycles. The lowest BCUT2D eigenvalue weighted by molar-refractivity contribution is -0.123. The van der Waals surface area contributed by atoms with E-state index in [2.05, 4.69) is 39.1 Å². The number of nitrogens with one attached hydrogen (secondary N) is 1. The maximum Gasteiger partial charge on any atom is 0.240 e. The number of hydrogen-bond acceptors (Lipinski definition) is 6. The van der Waals surface area contributed by atoms with Crippen LogP contribution >= 0.6 is 11.8 Å². The molecule has 9 heteroatoms. The first-order chi connectivity index (χ1) is 18.7. The Labute approximate surface area is 235 Å². The molecule has 1 aromatic heterocycles. The average molecular weight is 551 g/mol. The molecule has 39 heavy (non-hydrogen) atoms. The van der Waals surface area contributed by atoms with Crippen LogP contribution in [0.2, 0.25) is 0 Å². The third kappa shape index (κ3) is 6.15. The first kappa shape index (κ1) is 28.7. The highest BCUT2D eigenvalue weighted by atomic mass is 32.2. The topological polar surface area (TPSA) is 85.7 Å². The molecule has 208 valence electrons. The van der Waals surface area contributed by atoms with Crippen LogP contribution in [0.3, 0.4) is 0 Å². The molecule has 0 fully saturated rings. The van der Waals surface area contributed by atoms with Gasteiger partial charge in [0, 0.05) is 24.6 Å². The summed E-state index contributed by atoms with van der Waals surface area (Å²) in [5.74, 6) is 1.28. The van der Waals surface area contributed by atoms with Crippen molar-refractivity contribution in [1.29, 1.82) is 0 Å². The van der Waals surface area contributed by atoms with Crippen LogP contribution in [0.25, 0.3) is 5.69 Å². The zero-order valence-electron chi connectivity index (χ0n) is 23.6. The van der Waals surface area contributed by atoms with Crippen LogP contribution in [0.4, 0.5) is 5.82 Å².